The Labute approximate surface area is 121 Å². The maximum absolute atomic E-state index is 12.2. The van der Waals surface area contributed by atoms with Gasteiger partial charge in [-0.15, -0.1) is 0 Å². The van der Waals surface area contributed by atoms with Crippen molar-refractivity contribution in [2.45, 2.75) is 39.5 Å². The first-order valence-electron chi connectivity index (χ1n) is 7.49. The van der Waals surface area contributed by atoms with Crippen molar-refractivity contribution in [1.29, 1.82) is 0 Å². The van der Waals surface area contributed by atoms with Crippen LogP contribution in [0.3, 0.4) is 0 Å². The molecular formula is C17H25NO2. The van der Waals surface area contributed by atoms with E-state index in [9.17, 15) is 9.90 Å². The molecule has 1 aliphatic rings. The number of aliphatic hydroxyl groups is 1. The van der Waals surface area contributed by atoms with Gasteiger partial charge in [-0.2, -0.15) is 0 Å². The van der Waals surface area contributed by atoms with Crippen molar-refractivity contribution in [3.63, 3.8) is 0 Å². The molecular weight excluding hydrogens is 250 g/mol. The fourth-order valence-electron chi connectivity index (χ4n) is 2.95. The first-order valence-corrected chi connectivity index (χ1v) is 7.49. The van der Waals surface area contributed by atoms with E-state index < -0.39 is 0 Å². The van der Waals surface area contributed by atoms with Crippen LogP contribution in [0, 0.1) is 18.3 Å². The van der Waals surface area contributed by atoms with E-state index in [0.717, 1.165) is 43.4 Å². The van der Waals surface area contributed by atoms with Crippen LogP contribution in [-0.4, -0.2) is 24.2 Å². The van der Waals surface area contributed by atoms with Gasteiger partial charge >= 0.3 is 0 Å². The summed E-state index contributed by atoms with van der Waals surface area (Å²) >= 11 is 0. The molecule has 1 fully saturated rings. The molecule has 0 radical (unpaired) electrons. The summed E-state index contributed by atoms with van der Waals surface area (Å²) in [6, 6.07) is 7.68. The van der Waals surface area contributed by atoms with E-state index >= 15 is 0 Å². The quantitative estimate of drug-likeness (QED) is 0.887. The normalized spacial score (nSPS) is 26.2. The molecule has 0 atom stereocenters. The van der Waals surface area contributed by atoms with E-state index in [1.54, 1.807) is 0 Å². The summed E-state index contributed by atoms with van der Waals surface area (Å²) in [5, 5.41) is 12.3. The topological polar surface area (TPSA) is 49.3 Å². The van der Waals surface area contributed by atoms with Crippen LogP contribution in [0.15, 0.2) is 24.3 Å². The fraction of sp³-hybridized carbons (Fsp3) is 0.588. The molecule has 110 valence electrons. The molecule has 1 aromatic rings. The molecule has 0 heterocycles. The van der Waals surface area contributed by atoms with Crippen molar-refractivity contribution < 1.29 is 9.90 Å². The summed E-state index contributed by atoms with van der Waals surface area (Å²) in [5.41, 5.74) is 1.95. The molecule has 1 aromatic carbocycles. The van der Waals surface area contributed by atoms with Gasteiger partial charge in [0.2, 0.25) is 0 Å². The number of carbonyl (C=O) groups excluding carboxylic acids is 1. The monoisotopic (exact) mass is 275 g/mol. The summed E-state index contributed by atoms with van der Waals surface area (Å²) in [4.78, 5) is 12.2. The number of benzene rings is 1. The highest BCUT2D eigenvalue weighted by Gasteiger charge is 2.31. The lowest BCUT2D eigenvalue weighted by Crippen LogP contribution is -2.38. The molecule has 1 saturated carbocycles. The predicted molar refractivity (Wildman–Crippen MR) is 80.7 cm³/mol. The van der Waals surface area contributed by atoms with Crippen molar-refractivity contribution in [2.24, 2.45) is 11.3 Å². The first-order chi connectivity index (χ1) is 9.54. The Bertz CT molecular complexity index is 462. The number of amides is 1. The molecule has 2 N–H and O–H groups in total. The average Bonchev–Trinajstić information content (AvgIpc) is 2.46. The van der Waals surface area contributed by atoms with Crippen LogP contribution in [0.25, 0.3) is 0 Å². The lowest BCUT2D eigenvalue weighted by molar-refractivity contribution is 0.0877. The third-order valence-electron chi connectivity index (χ3n) is 4.64. The van der Waals surface area contributed by atoms with E-state index in [0.29, 0.717) is 12.5 Å². The molecule has 0 unspecified atom stereocenters. The Balaban J connectivity index is 1.89. The van der Waals surface area contributed by atoms with Gasteiger partial charge in [0.25, 0.3) is 5.91 Å². The molecule has 0 aromatic heterocycles. The largest absolute Gasteiger partial charge is 0.396 e. The highest BCUT2D eigenvalue weighted by Crippen LogP contribution is 2.37. The van der Waals surface area contributed by atoms with Crippen LogP contribution in [0.5, 0.6) is 0 Å². The van der Waals surface area contributed by atoms with Crippen molar-refractivity contribution >= 4 is 5.91 Å². The van der Waals surface area contributed by atoms with Gasteiger partial charge in [-0.1, -0.05) is 25.1 Å². The fourth-order valence-corrected chi connectivity index (χ4v) is 2.95. The highest BCUT2D eigenvalue weighted by molar-refractivity contribution is 5.95. The number of aryl methyl sites for hydroxylation is 1. The maximum atomic E-state index is 12.2. The summed E-state index contributed by atoms with van der Waals surface area (Å²) < 4.78 is 0. The lowest BCUT2D eigenvalue weighted by Gasteiger charge is -2.37. The van der Waals surface area contributed by atoms with Crippen LogP contribution in [0.4, 0.5) is 0 Å². The second-order valence-electron chi connectivity index (χ2n) is 6.43. The van der Waals surface area contributed by atoms with Crippen molar-refractivity contribution in [3.05, 3.63) is 35.4 Å². The molecule has 3 heteroatoms. The van der Waals surface area contributed by atoms with Crippen LogP contribution in [-0.2, 0) is 0 Å². The minimum Gasteiger partial charge on any atom is -0.396 e. The van der Waals surface area contributed by atoms with E-state index in [4.69, 9.17) is 0 Å². The summed E-state index contributed by atoms with van der Waals surface area (Å²) in [6.07, 6.45) is 4.28. The molecule has 2 rings (SSSR count). The molecule has 1 aliphatic carbocycles. The molecule has 1 amide bonds. The zero-order valence-corrected chi connectivity index (χ0v) is 12.5. The highest BCUT2D eigenvalue weighted by atomic mass is 16.3. The Kier molecular flexibility index (Phi) is 4.81. The number of hydrogen-bond acceptors (Lipinski definition) is 2. The first kappa shape index (κ1) is 15.0. The van der Waals surface area contributed by atoms with Crippen LogP contribution >= 0.6 is 0 Å². The van der Waals surface area contributed by atoms with Crippen LogP contribution in [0.1, 0.15) is 48.5 Å². The number of carbonyl (C=O) groups is 1. The Morgan fingerprint density at radius 3 is 2.60 bits per heavy atom. The number of hydrogen-bond donors (Lipinski definition) is 2. The number of rotatable bonds is 4. The van der Waals surface area contributed by atoms with Gasteiger partial charge in [0, 0.05) is 18.7 Å². The maximum Gasteiger partial charge on any atom is 0.251 e. The third-order valence-corrected chi connectivity index (χ3v) is 4.64. The van der Waals surface area contributed by atoms with Crippen molar-refractivity contribution in [1.82, 2.24) is 5.32 Å². The smallest absolute Gasteiger partial charge is 0.251 e. The van der Waals surface area contributed by atoms with Crippen LogP contribution < -0.4 is 5.32 Å². The molecule has 0 aliphatic heterocycles. The van der Waals surface area contributed by atoms with Gasteiger partial charge in [0.1, 0.15) is 0 Å². The van der Waals surface area contributed by atoms with Gasteiger partial charge in [-0.05, 0) is 55.6 Å². The van der Waals surface area contributed by atoms with Crippen molar-refractivity contribution in [3.8, 4) is 0 Å². The summed E-state index contributed by atoms with van der Waals surface area (Å²) in [5.74, 6) is 0.476. The van der Waals surface area contributed by atoms with Gasteiger partial charge in [0.05, 0.1) is 0 Å². The number of aliphatic hydroxyl groups excluding tert-OH is 1. The SMILES string of the molecule is Cc1ccccc1C(=O)NCC1(C)CCC(CO)CC1. The summed E-state index contributed by atoms with van der Waals surface area (Å²) in [7, 11) is 0. The zero-order chi connectivity index (χ0) is 14.6. The molecule has 20 heavy (non-hydrogen) atoms. The number of nitrogens with one attached hydrogen (secondary N) is 1. The standard InChI is InChI=1S/C17H25NO2/c1-13-5-3-4-6-15(13)16(20)18-12-17(2)9-7-14(11-19)8-10-17/h3-6,14,19H,7-12H2,1-2H3,(H,18,20). The second kappa shape index (κ2) is 6.40. The minimum atomic E-state index is 0.0219. The van der Waals surface area contributed by atoms with E-state index in [2.05, 4.69) is 12.2 Å². The molecule has 0 spiro atoms. The molecule has 0 saturated heterocycles. The van der Waals surface area contributed by atoms with E-state index in [1.807, 2.05) is 31.2 Å². The average molecular weight is 275 g/mol. The molecule has 0 bridgehead atoms. The lowest BCUT2D eigenvalue weighted by atomic mass is 9.72. The van der Waals surface area contributed by atoms with E-state index in [1.165, 1.54) is 0 Å². The van der Waals surface area contributed by atoms with Gasteiger partial charge in [-0.25, -0.2) is 0 Å². The van der Waals surface area contributed by atoms with Crippen molar-refractivity contribution in [2.75, 3.05) is 13.2 Å². The van der Waals surface area contributed by atoms with E-state index in [-0.39, 0.29) is 11.3 Å². The molecule has 3 nitrogen and oxygen atoms in total. The third kappa shape index (κ3) is 3.60. The zero-order valence-electron chi connectivity index (χ0n) is 12.5. The van der Waals surface area contributed by atoms with Crippen LogP contribution in [0.2, 0.25) is 0 Å². The van der Waals surface area contributed by atoms with Gasteiger partial charge in [0.15, 0.2) is 0 Å². The van der Waals surface area contributed by atoms with Gasteiger partial charge < -0.3 is 10.4 Å². The van der Waals surface area contributed by atoms with Gasteiger partial charge in [-0.3, -0.25) is 4.79 Å². The predicted octanol–water partition coefficient (Wildman–Crippen LogP) is 2.91. The Morgan fingerprint density at radius 2 is 2.00 bits per heavy atom. The minimum absolute atomic E-state index is 0.0219. The second-order valence-corrected chi connectivity index (χ2v) is 6.43. The Morgan fingerprint density at radius 1 is 1.35 bits per heavy atom. The Hall–Kier alpha value is -1.35. The summed E-state index contributed by atoms with van der Waals surface area (Å²) in [6.45, 7) is 5.21.